The molecule has 1 aromatic heterocycles. The molecule has 2 N–H and O–H groups in total. The van der Waals surface area contributed by atoms with E-state index in [1.54, 1.807) is 17.0 Å². The molecule has 2 rings (SSSR count). The minimum absolute atomic E-state index is 0.288. The highest BCUT2D eigenvalue weighted by molar-refractivity contribution is 5.92. The molecular formula is C15H22N4O3. The summed E-state index contributed by atoms with van der Waals surface area (Å²) >= 11 is 0. The summed E-state index contributed by atoms with van der Waals surface area (Å²) < 4.78 is 5.36. The number of anilines is 1. The molecule has 1 aromatic rings. The number of piperazine rings is 1. The fraction of sp³-hybridized carbons (Fsp3) is 0.533. The molecule has 120 valence electrons. The molecule has 0 aromatic carbocycles. The van der Waals surface area contributed by atoms with Gasteiger partial charge in [-0.25, -0.2) is 9.78 Å². The van der Waals surface area contributed by atoms with Crippen molar-refractivity contribution in [3.05, 3.63) is 23.9 Å². The zero-order chi connectivity index (χ0) is 16.3. The topological polar surface area (TPSA) is 88.8 Å². The highest BCUT2D eigenvalue weighted by Crippen LogP contribution is 2.16. The number of carbonyl (C=O) groups is 2. The third kappa shape index (κ3) is 4.09. The van der Waals surface area contributed by atoms with Crippen LogP contribution in [0, 0.1) is 0 Å². The first-order valence-electron chi connectivity index (χ1n) is 7.25. The summed E-state index contributed by atoms with van der Waals surface area (Å²) in [7, 11) is 0. The van der Waals surface area contributed by atoms with Crippen molar-refractivity contribution in [2.75, 3.05) is 31.1 Å². The Labute approximate surface area is 130 Å². The van der Waals surface area contributed by atoms with E-state index in [0.29, 0.717) is 31.7 Å². The molecular weight excluding hydrogens is 284 g/mol. The first kappa shape index (κ1) is 16.1. The zero-order valence-corrected chi connectivity index (χ0v) is 13.2. The lowest BCUT2D eigenvalue weighted by molar-refractivity contribution is 0.0240. The summed E-state index contributed by atoms with van der Waals surface area (Å²) in [5.41, 5.74) is 5.09. The number of nitrogens with zero attached hydrogens (tertiary/aromatic N) is 3. The number of rotatable bonds is 2. The molecule has 7 heteroatoms. The van der Waals surface area contributed by atoms with Crippen molar-refractivity contribution in [3.63, 3.8) is 0 Å². The van der Waals surface area contributed by atoms with Crippen LogP contribution in [0.25, 0.3) is 0 Å². The lowest BCUT2D eigenvalue weighted by atomic mass is 10.2. The summed E-state index contributed by atoms with van der Waals surface area (Å²) in [6, 6.07) is 3.42. The molecule has 0 unspecified atom stereocenters. The van der Waals surface area contributed by atoms with E-state index in [-0.39, 0.29) is 6.09 Å². The number of primary amides is 1. The highest BCUT2D eigenvalue weighted by atomic mass is 16.6. The van der Waals surface area contributed by atoms with E-state index in [9.17, 15) is 9.59 Å². The molecule has 0 spiro atoms. The van der Waals surface area contributed by atoms with Crippen LogP contribution in [-0.2, 0) is 4.74 Å². The van der Waals surface area contributed by atoms with Crippen LogP contribution in [-0.4, -0.2) is 53.7 Å². The maximum atomic E-state index is 12.0. The Morgan fingerprint density at radius 1 is 1.18 bits per heavy atom. The predicted molar refractivity (Wildman–Crippen MR) is 82.8 cm³/mol. The molecule has 1 fully saturated rings. The van der Waals surface area contributed by atoms with Crippen molar-refractivity contribution < 1.29 is 14.3 Å². The van der Waals surface area contributed by atoms with Gasteiger partial charge >= 0.3 is 6.09 Å². The van der Waals surface area contributed by atoms with Gasteiger partial charge in [-0.15, -0.1) is 0 Å². The average molecular weight is 306 g/mol. The van der Waals surface area contributed by atoms with E-state index in [1.165, 1.54) is 6.20 Å². The van der Waals surface area contributed by atoms with Gasteiger partial charge in [-0.05, 0) is 32.9 Å². The van der Waals surface area contributed by atoms with Crippen LogP contribution in [0.3, 0.4) is 0 Å². The van der Waals surface area contributed by atoms with Gasteiger partial charge < -0.3 is 20.3 Å². The molecule has 1 aliphatic rings. The van der Waals surface area contributed by atoms with Crippen LogP contribution in [0.5, 0.6) is 0 Å². The minimum atomic E-state index is -0.492. The molecule has 1 aliphatic heterocycles. The van der Waals surface area contributed by atoms with Crippen LogP contribution < -0.4 is 10.6 Å². The maximum absolute atomic E-state index is 12.0. The number of pyridine rings is 1. The first-order chi connectivity index (χ1) is 10.3. The van der Waals surface area contributed by atoms with E-state index in [0.717, 1.165) is 5.82 Å². The Hall–Kier alpha value is -2.31. The maximum Gasteiger partial charge on any atom is 0.410 e. The van der Waals surface area contributed by atoms with Crippen molar-refractivity contribution in [1.82, 2.24) is 9.88 Å². The number of carbonyl (C=O) groups excluding carboxylic acids is 2. The Morgan fingerprint density at radius 2 is 1.82 bits per heavy atom. The van der Waals surface area contributed by atoms with E-state index in [1.807, 2.05) is 20.8 Å². The Morgan fingerprint density at radius 3 is 2.27 bits per heavy atom. The summed E-state index contributed by atoms with van der Waals surface area (Å²) in [5.74, 6) is 0.280. The van der Waals surface area contributed by atoms with E-state index >= 15 is 0 Å². The van der Waals surface area contributed by atoms with Gasteiger partial charge in [0.25, 0.3) is 0 Å². The molecule has 22 heavy (non-hydrogen) atoms. The highest BCUT2D eigenvalue weighted by Gasteiger charge is 2.26. The van der Waals surface area contributed by atoms with Crippen LogP contribution >= 0.6 is 0 Å². The molecule has 0 atom stereocenters. The summed E-state index contributed by atoms with van der Waals surface area (Å²) in [4.78, 5) is 31.0. The fourth-order valence-electron chi connectivity index (χ4n) is 2.16. The zero-order valence-electron chi connectivity index (χ0n) is 13.2. The molecule has 1 saturated heterocycles. The second kappa shape index (κ2) is 6.21. The van der Waals surface area contributed by atoms with Crippen LogP contribution in [0.4, 0.5) is 10.6 Å². The summed E-state index contributed by atoms with van der Waals surface area (Å²) in [6.07, 6.45) is 1.18. The van der Waals surface area contributed by atoms with Crippen LogP contribution in [0.15, 0.2) is 18.3 Å². The number of amides is 2. The molecule has 2 amide bonds. The molecule has 0 aliphatic carbocycles. The Kier molecular flexibility index (Phi) is 4.54. The van der Waals surface area contributed by atoms with E-state index < -0.39 is 11.5 Å². The molecule has 0 bridgehead atoms. The van der Waals surface area contributed by atoms with Gasteiger partial charge in [0.05, 0.1) is 5.56 Å². The lowest BCUT2D eigenvalue weighted by Crippen LogP contribution is -2.50. The average Bonchev–Trinajstić information content (AvgIpc) is 2.46. The monoisotopic (exact) mass is 306 g/mol. The third-order valence-electron chi connectivity index (χ3n) is 3.29. The number of nitrogens with two attached hydrogens (primary N) is 1. The standard InChI is InChI=1S/C15H22N4O3/c1-15(2,3)22-14(21)19-8-6-18(7-9-19)12-5-4-11(10-17-12)13(16)20/h4-5,10H,6-9H2,1-3H3,(H2,16,20). The van der Waals surface area contributed by atoms with Gasteiger partial charge in [-0.2, -0.15) is 0 Å². The second-order valence-corrected chi connectivity index (χ2v) is 6.22. The number of aromatic nitrogens is 1. The van der Waals surface area contributed by atoms with Crippen molar-refractivity contribution >= 4 is 17.8 Å². The van der Waals surface area contributed by atoms with Gasteiger partial charge in [-0.3, -0.25) is 4.79 Å². The van der Waals surface area contributed by atoms with Crippen molar-refractivity contribution in [3.8, 4) is 0 Å². The number of hydrogen-bond acceptors (Lipinski definition) is 5. The molecule has 7 nitrogen and oxygen atoms in total. The van der Waals surface area contributed by atoms with Crippen molar-refractivity contribution in [1.29, 1.82) is 0 Å². The smallest absolute Gasteiger partial charge is 0.410 e. The van der Waals surface area contributed by atoms with Crippen LogP contribution in [0.2, 0.25) is 0 Å². The van der Waals surface area contributed by atoms with Gasteiger partial charge in [0.1, 0.15) is 11.4 Å². The van der Waals surface area contributed by atoms with Gasteiger partial charge in [-0.1, -0.05) is 0 Å². The van der Waals surface area contributed by atoms with Gasteiger partial charge in [0, 0.05) is 32.4 Å². The molecule has 2 heterocycles. The first-order valence-corrected chi connectivity index (χ1v) is 7.25. The second-order valence-electron chi connectivity index (χ2n) is 6.22. The van der Waals surface area contributed by atoms with Gasteiger partial charge in [0.2, 0.25) is 5.91 Å². The Bertz CT molecular complexity index is 543. The largest absolute Gasteiger partial charge is 0.444 e. The minimum Gasteiger partial charge on any atom is -0.444 e. The Balaban J connectivity index is 1.91. The van der Waals surface area contributed by atoms with Gasteiger partial charge in [0.15, 0.2) is 0 Å². The fourth-order valence-corrected chi connectivity index (χ4v) is 2.16. The van der Waals surface area contributed by atoms with Crippen LogP contribution in [0.1, 0.15) is 31.1 Å². The normalized spacial score (nSPS) is 15.6. The SMILES string of the molecule is CC(C)(C)OC(=O)N1CCN(c2ccc(C(N)=O)cn2)CC1. The lowest BCUT2D eigenvalue weighted by Gasteiger charge is -2.36. The van der Waals surface area contributed by atoms with E-state index in [4.69, 9.17) is 10.5 Å². The summed E-state index contributed by atoms with van der Waals surface area (Å²) in [6.45, 7) is 8.05. The molecule has 0 saturated carbocycles. The predicted octanol–water partition coefficient (Wildman–Crippen LogP) is 1.24. The number of hydrogen-bond donors (Lipinski definition) is 1. The van der Waals surface area contributed by atoms with Crippen molar-refractivity contribution in [2.24, 2.45) is 5.73 Å². The number of ether oxygens (including phenoxy) is 1. The molecule has 0 radical (unpaired) electrons. The third-order valence-corrected chi connectivity index (χ3v) is 3.29. The quantitative estimate of drug-likeness (QED) is 0.888. The van der Waals surface area contributed by atoms with Crippen molar-refractivity contribution in [2.45, 2.75) is 26.4 Å². The van der Waals surface area contributed by atoms with E-state index in [2.05, 4.69) is 9.88 Å². The summed E-state index contributed by atoms with van der Waals surface area (Å²) in [5, 5.41) is 0.